The number of imidazole rings is 1. The Morgan fingerprint density at radius 3 is 2.30 bits per heavy atom. The molecule has 0 saturated carbocycles. The van der Waals surface area contributed by atoms with E-state index in [1.54, 1.807) is 35.9 Å². The van der Waals surface area contributed by atoms with E-state index in [0.717, 1.165) is 5.69 Å². The Hall–Kier alpha value is -3.84. The van der Waals surface area contributed by atoms with Crippen LogP contribution in [0.1, 0.15) is 6.92 Å². The number of hydrogen-bond acceptors (Lipinski definition) is 9. The van der Waals surface area contributed by atoms with Crippen LogP contribution in [0.2, 0.25) is 0 Å². The Kier molecular flexibility index (Phi) is 6.42. The molecule has 13 heteroatoms. The minimum atomic E-state index is -3.56. The molecule has 196 valence electrons. The third kappa shape index (κ3) is 5.04. The summed E-state index contributed by atoms with van der Waals surface area (Å²) in [5.41, 5.74) is 0.284. The fraction of sp³-hybridized carbons (Fsp3) is 0.375. The van der Waals surface area contributed by atoms with Gasteiger partial charge in [0.15, 0.2) is 5.60 Å². The molecule has 3 heterocycles. The number of sulfonamides is 1. The van der Waals surface area contributed by atoms with Crippen molar-refractivity contribution in [3.63, 3.8) is 0 Å². The molecule has 2 aromatic carbocycles. The Morgan fingerprint density at radius 1 is 1.05 bits per heavy atom. The van der Waals surface area contributed by atoms with Gasteiger partial charge >= 0.3 is 11.8 Å². The van der Waals surface area contributed by atoms with E-state index in [-0.39, 0.29) is 23.3 Å². The van der Waals surface area contributed by atoms with Crippen LogP contribution in [0.4, 0.5) is 11.5 Å². The van der Waals surface area contributed by atoms with E-state index >= 15 is 0 Å². The van der Waals surface area contributed by atoms with Crippen LogP contribution in [0.3, 0.4) is 0 Å². The van der Waals surface area contributed by atoms with Crippen LogP contribution < -0.4 is 19.1 Å². The number of nitrogens with zero attached hydrogens (tertiary/aromatic N) is 5. The second-order valence-corrected chi connectivity index (χ2v) is 11.1. The number of nitro groups is 1. The maximum absolute atomic E-state index is 13.0. The molecule has 0 aliphatic carbocycles. The van der Waals surface area contributed by atoms with Gasteiger partial charge in [0.05, 0.1) is 18.6 Å². The zero-order chi connectivity index (χ0) is 26.2. The number of rotatable bonds is 8. The molecule has 1 atom stereocenters. The first-order chi connectivity index (χ1) is 17.7. The topological polar surface area (TPSA) is 129 Å². The summed E-state index contributed by atoms with van der Waals surface area (Å²) in [4.78, 5) is 16.6. The Balaban J connectivity index is 1.14. The molecule has 0 N–H and O–H groups in total. The molecule has 1 fully saturated rings. The van der Waals surface area contributed by atoms with Gasteiger partial charge in [-0.1, -0.05) is 0 Å². The van der Waals surface area contributed by atoms with Crippen LogP contribution in [0.5, 0.6) is 17.5 Å². The smallest absolute Gasteiger partial charge is 0.415 e. The van der Waals surface area contributed by atoms with Crippen molar-refractivity contribution >= 4 is 21.5 Å². The van der Waals surface area contributed by atoms with E-state index in [1.165, 1.54) is 10.5 Å². The lowest BCUT2D eigenvalue weighted by Gasteiger charge is -2.35. The predicted octanol–water partition coefficient (Wildman–Crippen LogP) is 2.54. The molecule has 2 aliphatic heterocycles. The second kappa shape index (κ2) is 9.56. The van der Waals surface area contributed by atoms with Crippen molar-refractivity contribution in [2.75, 3.05) is 44.8 Å². The van der Waals surface area contributed by atoms with Crippen molar-refractivity contribution in [3.05, 3.63) is 64.8 Å². The first kappa shape index (κ1) is 24.8. The minimum absolute atomic E-state index is 0.210. The average Bonchev–Trinajstić information content (AvgIpc) is 3.43. The molecule has 2 aliphatic rings. The lowest BCUT2D eigenvalue weighted by molar-refractivity contribution is -0.389. The lowest BCUT2D eigenvalue weighted by Crippen LogP contribution is -2.48. The van der Waals surface area contributed by atoms with Crippen LogP contribution >= 0.6 is 0 Å². The van der Waals surface area contributed by atoms with Gasteiger partial charge in [0, 0.05) is 36.9 Å². The molecule has 0 radical (unpaired) electrons. The molecular formula is C24H27N5O7S. The Morgan fingerprint density at radius 2 is 1.70 bits per heavy atom. The number of piperazine rings is 1. The first-order valence-corrected chi connectivity index (χ1v) is 13.1. The van der Waals surface area contributed by atoms with Crippen molar-refractivity contribution in [1.82, 2.24) is 13.9 Å². The fourth-order valence-electron chi connectivity index (χ4n) is 4.43. The highest BCUT2D eigenvalue weighted by Crippen LogP contribution is 2.32. The van der Waals surface area contributed by atoms with Gasteiger partial charge in [-0.2, -0.15) is 4.31 Å². The van der Waals surface area contributed by atoms with Gasteiger partial charge in [-0.05, 0) is 60.4 Å². The summed E-state index contributed by atoms with van der Waals surface area (Å²) in [7, 11) is -2.02. The van der Waals surface area contributed by atoms with Crippen LogP contribution in [0.25, 0.3) is 0 Å². The summed E-state index contributed by atoms with van der Waals surface area (Å²) in [5.74, 6) is 1.02. The summed E-state index contributed by atoms with van der Waals surface area (Å²) in [5, 5.41) is 10.9. The zero-order valence-electron chi connectivity index (χ0n) is 20.4. The van der Waals surface area contributed by atoms with Crippen molar-refractivity contribution < 1.29 is 27.6 Å². The largest absolute Gasteiger partial charge is 0.497 e. The van der Waals surface area contributed by atoms with Gasteiger partial charge in [0.1, 0.15) is 24.3 Å². The van der Waals surface area contributed by atoms with E-state index in [0.29, 0.717) is 44.2 Å². The highest BCUT2D eigenvalue weighted by molar-refractivity contribution is 7.89. The lowest BCUT2D eigenvalue weighted by atomic mass is 10.1. The third-order valence-corrected chi connectivity index (χ3v) is 8.35. The van der Waals surface area contributed by atoms with Gasteiger partial charge in [-0.25, -0.2) is 8.42 Å². The normalized spacial score (nSPS) is 19.8. The highest BCUT2D eigenvalue weighted by Gasteiger charge is 2.41. The summed E-state index contributed by atoms with van der Waals surface area (Å²) in [6, 6.07) is 14.2. The van der Waals surface area contributed by atoms with Gasteiger partial charge in [-0.3, -0.25) is 4.57 Å². The third-order valence-electron chi connectivity index (χ3n) is 6.44. The van der Waals surface area contributed by atoms with Gasteiger partial charge in [0.2, 0.25) is 10.0 Å². The zero-order valence-corrected chi connectivity index (χ0v) is 21.3. The van der Waals surface area contributed by atoms with Crippen LogP contribution in [0.15, 0.2) is 59.6 Å². The van der Waals surface area contributed by atoms with Crippen molar-refractivity contribution in [3.8, 4) is 17.5 Å². The molecule has 0 bridgehead atoms. The number of anilines is 1. The van der Waals surface area contributed by atoms with E-state index in [2.05, 4.69) is 9.88 Å². The Labute approximate surface area is 214 Å². The highest BCUT2D eigenvalue weighted by atomic mass is 32.2. The number of benzene rings is 2. The summed E-state index contributed by atoms with van der Waals surface area (Å²) in [6.45, 7) is 4.40. The molecule has 3 aromatic rings. The molecule has 1 saturated heterocycles. The number of ether oxygens (including phenoxy) is 3. The van der Waals surface area contributed by atoms with Gasteiger partial charge in [0.25, 0.3) is 0 Å². The monoisotopic (exact) mass is 529 g/mol. The molecular weight excluding hydrogens is 502 g/mol. The van der Waals surface area contributed by atoms with Gasteiger partial charge in [-0.15, -0.1) is 0 Å². The van der Waals surface area contributed by atoms with Crippen LogP contribution in [0, 0.1) is 10.1 Å². The van der Waals surface area contributed by atoms with E-state index < -0.39 is 20.5 Å². The minimum Gasteiger partial charge on any atom is -0.497 e. The molecule has 0 amide bonds. The predicted molar refractivity (Wildman–Crippen MR) is 134 cm³/mol. The van der Waals surface area contributed by atoms with Crippen molar-refractivity contribution in [2.45, 2.75) is 24.0 Å². The van der Waals surface area contributed by atoms with E-state index in [1.807, 2.05) is 31.2 Å². The molecule has 37 heavy (non-hydrogen) atoms. The number of aromatic nitrogens is 2. The molecule has 0 unspecified atom stereocenters. The Bertz CT molecular complexity index is 1360. The fourth-order valence-corrected chi connectivity index (χ4v) is 5.85. The van der Waals surface area contributed by atoms with Gasteiger partial charge < -0.3 is 29.2 Å². The SMILES string of the molecule is COc1ccc(S(=O)(=O)N2CCN(c3ccc(OC[C@@]4(C)Cn5cc([N+](=O)[O-])nc5O4)cc3)CC2)cc1. The van der Waals surface area contributed by atoms with Crippen molar-refractivity contribution in [1.29, 1.82) is 0 Å². The molecule has 0 spiro atoms. The maximum Gasteiger partial charge on any atom is 0.415 e. The van der Waals surface area contributed by atoms with Crippen LogP contribution in [-0.4, -0.2) is 72.7 Å². The number of fused-ring (bicyclic) bond motifs is 1. The maximum atomic E-state index is 13.0. The molecule has 12 nitrogen and oxygen atoms in total. The summed E-state index contributed by atoms with van der Waals surface area (Å²) in [6.07, 6.45) is 1.36. The van der Waals surface area contributed by atoms with Crippen LogP contribution in [-0.2, 0) is 16.6 Å². The molecule has 5 rings (SSSR count). The average molecular weight is 530 g/mol. The van der Waals surface area contributed by atoms with E-state index in [4.69, 9.17) is 14.2 Å². The molecule has 1 aromatic heterocycles. The quantitative estimate of drug-likeness (QED) is 0.319. The first-order valence-electron chi connectivity index (χ1n) is 11.7. The number of hydrogen-bond donors (Lipinski definition) is 0. The number of methoxy groups -OCH3 is 1. The second-order valence-electron chi connectivity index (χ2n) is 9.17. The summed E-state index contributed by atoms with van der Waals surface area (Å²) >= 11 is 0. The van der Waals surface area contributed by atoms with E-state index in [9.17, 15) is 18.5 Å². The summed E-state index contributed by atoms with van der Waals surface area (Å²) < 4.78 is 45.9. The standard InChI is InChI=1S/C24H27N5O7S/c1-24(16-27-15-22(29(30)31)25-23(27)36-24)17-35-20-5-3-18(4-6-20)26-11-13-28(14-12-26)37(32,33)21-9-7-19(34-2)8-10-21/h3-10,15H,11-14,16-17H2,1-2H3/t24-/m1/s1. The van der Waals surface area contributed by atoms with Crippen molar-refractivity contribution in [2.24, 2.45) is 0 Å².